The molecule has 1 aromatic heterocycles. The number of nitrogens with one attached hydrogen (secondary N) is 2. The lowest BCUT2D eigenvalue weighted by Crippen LogP contribution is -2.46. The van der Waals surface area contributed by atoms with Gasteiger partial charge in [-0.1, -0.05) is 41.6 Å². The third kappa shape index (κ3) is 4.99. The van der Waals surface area contributed by atoms with Crippen LogP contribution in [-0.2, 0) is 16.1 Å². The summed E-state index contributed by atoms with van der Waals surface area (Å²) in [4.78, 5) is 25.0. The van der Waals surface area contributed by atoms with Crippen molar-refractivity contribution in [3.05, 3.63) is 65.1 Å². The predicted octanol–water partition coefficient (Wildman–Crippen LogP) is 3.08. The molecule has 0 fully saturated rings. The molecule has 0 saturated heterocycles. The highest BCUT2D eigenvalue weighted by Crippen LogP contribution is 2.31. The summed E-state index contributed by atoms with van der Waals surface area (Å²) in [6, 6.07) is 5.90. The number of amides is 2. The van der Waals surface area contributed by atoms with Crippen LogP contribution in [0.3, 0.4) is 0 Å². The minimum atomic E-state index is -0.651. The summed E-state index contributed by atoms with van der Waals surface area (Å²) in [6.07, 6.45) is 3.34. The number of carbonyl (C=O) groups excluding carboxylic acids is 2. The van der Waals surface area contributed by atoms with E-state index in [9.17, 15) is 9.59 Å². The Labute approximate surface area is 177 Å². The van der Waals surface area contributed by atoms with Crippen LogP contribution in [0, 0.1) is 0 Å². The maximum atomic E-state index is 12.7. The van der Waals surface area contributed by atoms with Gasteiger partial charge in [-0.15, -0.1) is 16.8 Å². The van der Waals surface area contributed by atoms with Crippen molar-refractivity contribution >= 4 is 35.4 Å². The van der Waals surface area contributed by atoms with E-state index in [1.165, 1.54) is 11.8 Å². The van der Waals surface area contributed by atoms with Crippen LogP contribution in [0.2, 0.25) is 5.02 Å². The van der Waals surface area contributed by atoms with Gasteiger partial charge in [0.15, 0.2) is 5.16 Å². The molecule has 1 unspecified atom stereocenters. The highest BCUT2D eigenvalue weighted by molar-refractivity contribution is 7.99. The number of aromatic nitrogens is 3. The van der Waals surface area contributed by atoms with Crippen LogP contribution in [0.1, 0.15) is 18.5 Å². The summed E-state index contributed by atoms with van der Waals surface area (Å²) in [7, 11) is 0. The molecule has 2 amide bonds. The van der Waals surface area contributed by atoms with Crippen LogP contribution in [0.5, 0.6) is 0 Å². The molecule has 2 aromatic rings. The van der Waals surface area contributed by atoms with Gasteiger partial charge in [0.1, 0.15) is 6.33 Å². The summed E-state index contributed by atoms with van der Waals surface area (Å²) in [6.45, 7) is 6.22. The fourth-order valence-electron chi connectivity index (χ4n) is 2.84. The van der Waals surface area contributed by atoms with Crippen molar-refractivity contribution in [3.63, 3.8) is 0 Å². The standard InChI is InChI=1S/C19H20ClN5O3S/c1-3-9-25-11-21-24-19(25)29-10-14-15(17(26)28-4-2)16(23-18(27)22-14)12-5-7-13(20)8-6-12/h3,5-8,11,16H,1,4,9-10H2,2H3,(H2,22,23,27). The van der Waals surface area contributed by atoms with Crippen molar-refractivity contribution in [2.24, 2.45) is 0 Å². The van der Waals surface area contributed by atoms with Gasteiger partial charge in [0, 0.05) is 23.0 Å². The Kier molecular flexibility index (Phi) is 6.95. The first-order chi connectivity index (χ1) is 14.0. The minimum absolute atomic E-state index is 0.220. The lowest BCUT2D eigenvalue weighted by molar-refractivity contribution is -0.139. The summed E-state index contributed by atoms with van der Waals surface area (Å²) in [5.74, 6) is -0.190. The van der Waals surface area contributed by atoms with Crippen molar-refractivity contribution in [2.75, 3.05) is 12.4 Å². The summed E-state index contributed by atoms with van der Waals surface area (Å²) < 4.78 is 7.07. The lowest BCUT2D eigenvalue weighted by atomic mass is 9.95. The highest BCUT2D eigenvalue weighted by Gasteiger charge is 2.33. The Balaban J connectivity index is 1.95. The average Bonchev–Trinajstić information content (AvgIpc) is 3.14. The first kappa shape index (κ1) is 20.9. The number of nitrogens with zero attached hydrogens (tertiary/aromatic N) is 3. The molecular formula is C19H20ClN5O3S. The molecule has 1 aliphatic rings. The Morgan fingerprint density at radius 3 is 2.86 bits per heavy atom. The fourth-order valence-corrected chi connectivity index (χ4v) is 3.86. The van der Waals surface area contributed by atoms with Crippen molar-refractivity contribution in [2.45, 2.75) is 24.7 Å². The second kappa shape index (κ2) is 9.62. The quantitative estimate of drug-likeness (QED) is 0.377. The maximum absolute atomic E-state index is 12.7. The fraction of sp³-hybridized carbons (Fsp3) is 0.263. The maximum Gasteiger partial charge on any atom is 0.338 e. The number of halogens is 1. The van der Waals surface area contributed by atoms with Gasteiger partial charge in [-0.3, -0.25) is 0 Å². The summed E-state index contributed by atoms with van der Waals surface area (Å²) >= 11 is 7.33. The van der Waals surface area contributed by atoms with Gasteiger partial charge in [-0.25, -0.2) is 9.59 Å². The third-order valence-electron chi connectivity index (χ3n) is 4.10. The zero-order valence-corrected chi connectivity index (χ0v) is 17.3. The minimum Gasteiger partial charge on any atom is -0.463 e. The van der Waals surface area contributed by atoms with Gasteiger partial charge < -0.3 is 19.9 Å². The van der Waals surface area contributed by atoms with Gasteiger partial charge in [0.2, 0.25) is 0 Å². The Morgan fingerprint density at radius 1 is 1.41 bits per heavy atom. The van der Waals surface area contributed by atoms with Crippen LogP contribution in [0.15, 0.2) is 59.7 Å². The SMILES string of the molecule is C=CCn1cnnc1SCC1=C(C(=O)OCC)C(c2ccc(Cl)cc2)NC(=O)N1. The van der Waals surface area contributed by atoms with E-state index in [0.29, 0.717) is 33.7 Å². The molecule has 0 radical (unpaired) electrons. The van der Waals surface area contributed by atoms with Crippen molar-refractivity contribution in [3.8, 4) is 0 Å². The van der Waals surface area contributed by atoms with Crippen molar-refractivity contribution in [1.29, 1.82) is 0 Å². The summed E-state index contributed by atoms with van der Waals surface area (Å²) in [5.41, 5.74) is 1.53. The zero-order valence-electron chi connectivity index (χ0n) is 15.7. The number of hydrogen-bond donors (Lipinski definition) is 2. The molecule has 0 spiro atoms. The molecule has 2 N–H and O–H groups in total. The van der Waals surface area contributed by atoms with E-state index in [4.69, 9.17) is 16.3 Å². The lowest BCUT2D eigenvalue weighted by Gasteiger charge is -2.29. The van der Waals surface area contributed by atoms with Crippen LogP contribution in [0.4, 0.5) is 4.79 Å². The van der Waals surface area contributed by atoms with Gasteiger partial charge in [-0.2, -0.15) is 0 Å². The van der Waals surface area contributed by atoms with Crippen molar-refractivity contribution in [1.82, 2.24) is 25.4 Å². The van der Waals surface area contributed by atoms with E-state index >= 15 is 0 Å². The third-order valence-corrected chi connectivity index (χ3v) is 5.36. The van der Waals surface area contributed by atoms with Crippen molar-refractivity contribution < 1.29 is 14.3 Å². The molecule has 29 heavy (non-hydrogen) atoms. The molecule has 0 saturated carbocycles. The Hall–Kier alpha value is -2.78. The molecule has 1 aliphatic heterocycles. The molecular weight excluding hydrogens is 414 g/mol. The highest BCUT2D eigenvalue weighted by atomic mass is 35.5. The van der Waals surface area contributed by atoms with Gasteiger partial charge in [0.25, 0.3) is 0 Å². The molecule has 0 bridgehead atoms. The topological polar surface area (TPSA) is 98.1 Å². The van der Waals surface area contributed by atoms with E-state index < -0.39 is 18.0 Å². The number of urea groups is 1. The monoisotopic (exact) mass is 433 g/mol. The molecule has 152 valence electrons. The number of ether oxygens (including phenoxy) is 1. The smallest absolute Gasteiger partial charge is 0.338 e. The van der Waals surface area contributed by atoms with E-state index in [0.717, 1.165) is 5.56 Å². The second-order valence-electron chi connectivity index (χ2n) is 6.04. The number of benzene rings is 1. The molecule has 10 heteroatoms. The number of hydrogen-bond acceptors (Lipinski definition) is 6. The first-order valence-electron chi connectivity index (χ1n) is 8.88. The molecule has 1 atom stereocenters. The predicted molar refractivity (Wildman–Crippen MR) is 110 cm³/mol. The Bertz CT molecular complexity index is 942. The summed E-state index contributed by atoms with van der Waals surface area (Å²) in [5, 5.41) is 14.7. The van der Waals surface area contributed by atoms with E-state index in [2.05, 4.69) is 27.4 Å². The van der Waals surface area contributed by atoms with Gasteiger partial charge >= 0.3 is 12.0 Å². The molecule has 1 aromatic carbocycles. The largest absolute Gasteiger partial charge is 0.463 e. The Morgan fingerprint density at radius 2 is 2.17 bits per heavy atom. The van der Waals surface area contributed by atoms with E-state index in [1.54, 1.807) is 43.6 Å². The molecule has 3 rings (SSSR count). The number of carbonyl (C=O) groups is 2. The zero-order chi connectivity index (χ0) is 20.8. The van der Waals surface area contributed by atoms with E-state index in [1.807, 2.05) is 4.57 Å². The normalized spacial score (nSPS) is 16.2. The van der Waals surface area contributed by atoms with Crippen LogP contribution in [0.25, 0.3) is 0 Å². The average molecular weight is 434 g/mol. The van der Waals surface area contributed by atoms with Gasteiger partial charge in [-0.05, 0) is 24.6 Å². The number of allylic oxidation sites excluding steroid dienone is 1. The number of thioether (sulfide) groups is 1. The first-order valence-corrected chi connectivity index (χ1v) is 10.2. The number of esters is 1. The molecule has 2 heterocycles. The number of rotatable bonds is 8. The van der Waals surface area contributed by atoms with Crippen LogP contribution >= 0.6 is 23.4 Å². The van der Waals surface area contributed by atoms with Crippen LogP contribution < -0.4 is 10.6 Å². The van der Waals surface area contributed by atoms with E-state index in [-0.39, 0.29) is 6.61 Å². The molecule has 0 aliphatic carbocycles. The molecule has 8 nitrogen and oxygen atoms in total. The van der Waals surface area contributed by atoms with Gasteiger partial charge in [0.05, 0.1) is 18.2 Å². The second-order valence-corrected chi connectivity index (χ2v) is 7.42. The van der Waals surface area contributed by atoms with Crippen LogP contribution in [-0.4, -0.2) is 39.1 Å².